The molecule has 0 aliphatic carbocycles. The van der Waals surface area contributed by atoms with Gasteiger partial charge in [0.15, 0.2) is 11.5 Å². The summed E-state index contributed by atoms with van der Waals surface area (Å²) in [5.74, 6) is 1.37. The Morgan fingerprint density at radius 2 is 1.80 bits per heavy atom. The van der Waals surface area contributed by atoms with Gasteiger partial charge < -0.3 is 19.7 Å². The highest BCUT2D eigenvalue weighted by atomic mass is 19.1. The third-order valence-corrected chi connectivity index (χ3v) is 5.70. The van der Waals surface area contributed by atoms with Crippen LogP contribution in [0.15, 0.2) is 42.5 Å². The van der Waals surface area contributed by atoms with Crippen molar-refractivity contribution >= 4 is 11.6 Å². The van der Waals surface area contributed by atoms with Crippen molar-refractivity contribution in [2.24, 2.45) is 0 Å². The Balaban J connectivity index is 1.46. The number of hydrogen-bond acceptors (Lipinski definition) is 5. The van der Waals surface area contributed by atoms with Crippen LogP contribution in [0.25, 0.3) is 0 Å². The quantitative estimate of drug-likeness (QED) is 0.755. The SMILES string of the molecule is CCCC(=O)NC[C@@H](c1ccc2c(c1)OCO2)N1CCN(c2ccc(F)cc2)CC1. The highest BCUT2D eigenvalue weighted by molar-refractivity contribution is 5.75. The molecular formula is C23H28FN3O3. The molecule has 2 heterocycles. The van der Waals surface area contributed by atoms with E-state index in [9.17, 15) is 9.18 Å². The van der Waals surface area contributed by atoms with Crippen molar-refractivity contribution in [2.45, 2.75) is 25.8 Å². The number of piperazine rings is 1. The van der Waals surface area contributed by atoms with Gasteiger partial charge in [-0.1, -0.05) is 13.0 Å². The Labute approximate surface area is 176 Å². The zero-order valence-electron chi connectivity index (χ0n) is 17.3. The maximum absolute atomic E-state index is 13.2. The normalized spacial score (nSPS) is 17.1. The second kappa shape index (κ2) is 9.34. The summed E-state index contributed by atoms with van der Waals surface area (Å²) in [7, 11) is 0. The van der Waals surface area contributed by atoms with Crippen molar-refractivity contribution in [3.63, 3.8) is 0 Å². The van der Waals surface area contributed by atoms with E-state index in [4.69, 9.17) is 9.47 Å². The van der Waals surface area contributed by atoms with Crippen LogP contribution in [0.1, 0.15) is 31.4 Å². The minimum atomic E-state index is -0.219. The van der Waals surface area contributed by atoms with Gasteiger partial charge >= 0.3 is 0 Å². The molecule has 6 nitrogen and oxygen atoms in total. The van der Waals surface area contributed by atoms with Gasteiger partial charge in [0.1, 0.15) is 5.82 Å². The topological polar surface area (TPSA) is 54.0 Å². The van der Waals surface area contributed by atoms with Gasteiger partial charge in [0.05, 0.1) is 6.04 Å². The molecule has 2 aliphatic rings. The fourth-order valence-corrected chi connectivity index (χ4v) is 4.05. The number of rotatable bonds is 7. The minimum Gasteiger partial charge on any atom is -0.454 e. The first kappa shape index (κ1) is 20.5. The van der Waals surface area contributed by atoms with E-state index in [-0.39, 0.29) is 24.6 Å². The van der Waals surface area contributed by atoms with Crippen molar-refractivity contribution < 1.29 is 18.7 Å². The summed E-state index contributed by atoms with van der Waals surface area (Å²) >= 11 is 0. The maximum Gasteiger partial charge on any atom is 0.231 e. The predicted molar refractivity (Wildman–Crippen MR) is 113 cm³/mol. The zero-order valence-corrected chi connectivity index (χ0v) is 17.3. The summed E-state index contributed by atoms with van der Waals surface area (Å²) < 4.78 is 24.2. The molecular weight excluding hydrogens is 385 g/mol. The molecule has 0 saturated carbocycles. The van der Waals surface area contributed by atoms with E-state index in [0.717, 1.165) is 55.3 Å². The summed E-state index contributed by atoms with van der Waals surface area (Å²) in [4.78, 5) is 16.8. The van der Waals surface area contributed by atoms with Gasteiger partial charge in [0.2, 0.25) is 12.7 Å². The number of anilines is 1. The number of carbonyl (C=O) groups excluding carboxylic acids is 1. The maximum atomic E-state index is 13.2. The van der Waals surface area contributed by atoms with E-state index < -0.39 is 0 Å². The molecule has 2 aromatic rings. The highest BCUT2D eigenvalue weighted by Gasteiger charge is 2.27. The van der Waals surface area contributed by atoms with E-state index in [0.29, 0.717) is 13.0 Å². The van der Waals surface area contributed by atoms with Crippen LogP contribution in [0, 0.1) is 5.82 Å². The Bertz CT molecular complexity index is 866. The smallest absolute Gasteiger partial charge is 0.231 e. The van der Waals surface area contributed by atoms with E-state index in [1.54, 1.807) is 0 Å². The molecule has 1 amide bonds. The second-order valence-corrected chi connectivity index (χ2v) is 7.68. The van der Waals surface area contributed by atoms with Crippen molar-refractivity contribution in [2.75, 3.05) is 44.4 Å². The van der Waals surface area contributed by atoms with Gasteiger partial charge in [-0.25, -0.2) is 4.39 Å². The molecule has 0 bridgehead atoms. The minimum absolute atomic E-state index is 0.0515. The number of fused-ring (bicyclic) bond motifs is 1. The number of hydrogen-bond donors (Lipinski definition) is 1. The van der Waals surface area contributed by atoms with Crippen LogP contribution in [0.4, 0.5) is 10.1 Å². The van der Waals surface area contributed by atoms with Gasteiger partial charge in [-0.3, -0.25) is 9.69 Å². The Morgan fingerprint density at radius 1 is 1.07 bits per heavy atom. The summed E-state index contributed by atoms with van der Waals surface area (Å²) in [5, 5.41) is 3.09. The number of carbonyl (C=O) groups is 1. The van der Waals surface area contributed by atoms with Crippen LogP contribution >= 0.6 is 0 Å². The summed E-state index contributed by atoms with van der Waals surface area (Å²) in [6.07, 6.45) is 1.36. The van der Waals surface area contributed by atoms with Crippen molar-refractivity contribution in [3.05, 3.63) is 53.8 Å². The standard InChI is InChI=1S/C23H28FN3O3/c1-2-3-23(28)25-15-20(17-4-9-21-22(14-17)30-16-29-21)27-12-10-26(11-13-27)19-7-5-18(24)6-8-19/h4-9,14,20H,2-3,10-13,15-16H2,1H3,(H,25,28)/t20-/m0/s1. The van der Waals surface area contributed by atoms with Crippen molar-refractivity contribution in [1.82, 2.24) is 10.2 Å². The predicted octanol–water partition coefficient (Wildman–Crippen LogP) is 3.33. The van der Waals surface area contributed by atoms with Gasteiger partial charge in [0, 0.05) is 44.8 Å². The molecule has 0 aromatic heterocycles. The monoisotopic (exact) mass is 413 g/mol. The highest BCUT2D eigenvalue weighted by Crippen LogP contribution is 2.35. The van der Waals surface area contributed by atoms with E-state index in [1.807, 2.05) is 31.2 Å². The summed E-state index contributed by atoms with van der Waals surface area (Å²) in [6, 6.07) is 12.7. The molecule has 1 saturated heterocycles. The van der Waals surface area contributed by atoms with Crippen molar-refractivity contribution in [3.8, 4) is 11.5 Å². The Hall–Kier alpha value is -2.80. The molecule has 4 rings (SSSR count). The lowest BCUT2D eigenvalue weighted by atomic mass is 10.0. The van der Waals surface area contributed by atoms with Crippen LogP contribution in [0.2, 0.25) is 0 Å². The van der Waals surface area contributed by atoms with E-state index >= 15 is 0 Å². The fourth-order valence-electron chi connectivity index (χ4n) is 4.05. The van der Waals surface area contributed by atoms with Crippen LogP contribution in [-0.4, -0.2) is 50.3 Å². The lowest BCUT2D eigenvalue weighted by molar-refractivity contribution is -0.121. The first-order chi connectivity index (χ1) is 14.6. The molecule has 30 heavy (non-hydrogen) atoms. The molecule has 1 N–H and O–H groups in total. The molecule has 0 radical (unpaired) electrons. The molecule has 1 atom stereocenters. The van der Waals surface area contributed by atoms with Gasteiger partial charge in [0.25, 0.3) is 0 Å². The molecule has 7 heteroatoms. The van der Waals surface area contributed by atoms with Crippen LogP contribution in [-0.2, 0) is 4.79 Å². The van der Waals surface area contributed by atoms with Gasteiger partial charge in [-0.05, 0) is 48.4 Å². The number of halogens is 1. The molecule has 0 unspecified atom stereocenters. The molecule has 0 spiro atoms. The second-order valence-electron chi connectivity index (χ2n) is 7.68. The van der Waals surface area contributed by atoms with E-state index in [1.165, 1.54) is 12.1 Å². The number of amides is 1. The van der Waals surface area contributed by atoms with E-state index in [2.05, 4.69) is 21.2 Å². The number of nitrogens with zero attached hydrogens (tertiary/aromatic N) is 2. The van der Waals surface area contributed by atoms with Crippen LogP contribution in [0.5, 0.6) is 11.5 Å². The third-order valence-electron chi connectivity index (χ3n) is 5.70. The van der Waals surface area contributed by atoms with Crippen LogP contribution < -0.4 is 19.7 Å². The Morgan fingerprint density at radius 3 is 2.53 bits per heavy atom. The van der Waals surface area contributed by atoms with Crippen LogP contribution in [0.3, 0.4) is 0 Å². The average Bonchev–Trinajstić information content (AvgIpc) is 3.23. The average molecular weight is 413 g/mol. The van der Waals surface area contributed by atoms with Gasteiger partial charge in [-0.2, -0.15) is 0 Å². The first-order valence-corrected chi connectivity index (χ1v) is 10.5. The Kier molecular flexibility index (Phi) is 6.38. The zero-order chi connectivity index (χ0) is 20.9. The third kappa shape index (κ3) is 4.67. The largest absolute Gasteiger partial charge is 0.454 e. The fraction of sp³-hybridized carbons (Fsp3) is 0.435. The first-order valence-electron chi connectivity index (χ1n) is 10.5. The summed E-state index contributed by atoms with van der Waals surface area (Å²) in [6.45, 7) is 6.18. The summed E-state index contributed by atoms with van der Waals surface area (Å²) in [5.41, 5.74) is 2.14. The number of nitrogens with one attached hydrogen (secondary N) is 1. The molecule has 2 aromatic carbocycles. The van der Waals surface area contributed by atoms with Gasteiger partial charge in [-0.15, -0.1) is 0 Å². The lowest BCUT2D eigenvalue weighted by Gasteiger charge is -2.40. The molecule has 2 aliphatic heterocycles. The van der Waals surface area contributed by atoms with Crippen molar-refractivity contribution in [1.29, 1.82) is 0 Å². The number of benzene rings is 2. The molecule has 160 valence electrons. The lowest BCUT2D eigenvalue weighted by Crippen LogP contribution is -2.50. The molecule has 1 fully saturated rings. The number of ether oxygens (including phenoxy) is 2.